The van der Waals surface area contributed by atoms with E-state index in [-0.39, 0.29) is 43.0 Å². The second-order valence-corrected chi connectivity index (χ2v) is 16.8. The summed E-state index contributed by atoms with van der Waals surface area (Å²) in [6.07, 6.45) is 0. The van der Waals surface area contributed by atoms with Gasteiger partial charge in [-0.2, -0.15) is 0 Å². The van der Waals surface area contributed by atoms with Gasteiger partial charge in [-0.15, -0.1) is 0 Å². The fraction of sp³-hybridized carbons (Fsp3) is 0.757. The molecule has 10 nitrogen and oxygen atoms in total. The van der Waals surface area contributed by atoms with Crippen molar-refractivity contribution >= 4 is 17.9 Å². The largest absolute Gasteiger partial charge is 0.459 e. The Kier molecular flexibility index (Phi) is 14.9. The molecule has 1 aliphatic heterocycles. The van der Waals surface area contributed by atoms with Gasteiger partial charge in [-0.3, -0.25) is 34.0 Å². The Morgan fingerprint density at radius 1 is 0.489 bits per heavy atom. The van der Waals surface area contributed by atoms with Gasteiger partial charge in [0, 0.05) is 58.9 Å². The first-order chi connectivity index (χ1) is 21.5. The summed E-state index contributed by atoms with van der Waals surface area (Å²) in [5.74, 6) is -0.835. The molecule has 2 rings (SSSR count). The first kappa shape index (κ1) is 40.6. The van der Waals surface area contributed by atoms with Crippen LogP contribution in [0, 0.1) is 0 Å². The summed E-state index contributed by atoms with van der Waals surface area (Å²) in [6, 6.07) is 8.80. The molecule has 0 aromatic heterocycles. The van der Waals surface area contributed by atoms with E-state index in [0.717, 1.165) is 19.6 Å². The highest BCUT2D eigenvalue weighted by Crippen LogP contribution is 2.22. The fourth-order valence-corrected chi connectivity index (χ4v) is 5.25. The molecule has 0 aliphatic carbocycles. The summed E-state index contributed by atoms with van der Waals surface area (Å²) in [7, 11) is 0. The zero-order chi connectivity index (χ0) is 35.6. The van der Waals surface area contributed by atoms with Crippen LogP contribution in [-0.4, -0.2) is 126 Å². The van der Waals surface area contributed by atoms with Gasteiger partial charge < -0.3 is 14.2 Å². The van der Waals surface area contributed by atoms with E-state index in [1.165, 1.54) is 11.1 Å². The van der Waals surface area contributed by atoms with Gasteiger partial charge in [0.25, 0.3) is 0 Å². The van der Waals surface area contributed by atoms with Gasteiger partial charge in [0.15, 0.2) is 0 Å². The van der Waals surface area contributed by atoms with Crippen molar-refractivity contribution in [2.75, 3.05) is 72.0 Å². The molecule has 0 radical (unpaired) electrons. The van der Waals surface area contributed by atoms with Crippen molar-refractivity contribution in [1.29, 1.82) is 0 Å². The number of hydrogen-bond acceptors (Lipinski definition) is 10. The average Bonchev–Trinajstić information content (AvgIpc) is 2.86. The Labute approximate surface area is 285 Å². The molecule has 0 N–H and O–H groups in total. The number of carbonyl (C=O) groups is 3. The first-order valence-electron chi connectivity index (χ1n) is 17.1. The average molecular weight is 661 g/mol. The topological polar surface area (TPSA) is 91.9 Å². The van der Waals surface area contributed by atoms with Crippen LogP contribution >= 0.6 is 0 Å². The predicted octanol–water partition coefficient (Wildman–Crippen LogP) is 4.73. The van der Waals surface area contributed by atoms with Crippen LogP contribution in [0.15, 0.2) is 24.3 Å². The summed E-state index contributed by atoms with van der Waals surface area (Å²) in [5.41, 5.74) is 0.841. The minimum atomic E-state index is -0.592. The number of nitrogens with zero attached hydrogens (tertiary/aromatic N) is 4. The summed E-state index contributed by atoms with van der Waals surface area (Å²) >= 11 is 0. The monoisotopic (exact) mass is 660 g/mol. The number of rotatable bonds is 8. The molecule has 0 spiro atoms. The van der Waals surface area contributed by atoms with Crippen molar-refractivity contribution in [3.8, 4) is 0 Å². The van der Waals surface area contributed by atoms with E-state index in [9.17, 15) is 14.4 Å². The van der Waals surface area contributed by atoms with E-state index in [1.54, 1.807) is 0 Å². The highest BCUT2D eigenvalue weighted by Gasteiger charge is 2.25. The molecule has 1 saturated heterocycles. The van der Waals surface area contributed by atoms with Crippen molar-refractivity contribution in [3.63, 3.8) is 0 Å². The maximum atomic E-state index is 12.9. The van der Waals surface area contributed by atoms with Gasteiger partial charge in [-0.05, 0) is 78.9 Å². The van der Waals surface area contributed by atoms with Crippen molar-refractivity contribution in [2.24, 2.45) is 0 Å². The molecular formula is C37H64N4O6. The zero-order valence-electron chi connectivity index (χ0n) is 31.5. The maximum Gasteiger partial charge on any atom is 0.320 e. The third-order valence-corrected chi connectivity index (χ3v) is 7.47. The summed E-state index contributed by atoms with van der Waals surface area (Å²) in [5, 5.41) is 0. The fourth-order valence-electron chi connectivity index (χ4n) is 5.25. The molecule has 268 valence electrons. The second kappa shape index (κ2) is 17.2. The third kappa shape index (κ3) is 18.0. The zero-order valence-corrected chi connectivity index (χ0v) is 31.5. The molecule has 10 heteroatoms. The molecule has 0 bridgehead atoms. The molecule has 0 saturated carbocycles. The number of esters is 3. The van der Waals surface area contributed by atoms with Crippen LogP contribution < -0.4 is 0 Å². The van der Waals surface area contributed by atoms with E-state index >= 15 is 0 Å². The smallest absolute Gasteiger partial charge is 0.320 e. The third-order valence-electron chi connectivity index (χ3n) is 7.47. The van der Waals surface area contributed by atoms with Gasteiger partial charge in [0.2, 0.25) is 0 Å². The molecule has 0 amide bonds. The van der Waals surface area contributed by atoms with E-state index in [4.69, 9.17) is 14.2 Å². The normalized spacial score (nSPS) is 17.8. The highest BCUT2D eigenvalue weighted by molar-refractivity contribution is 5.73. The van der Waals surface area contributed by atoms with Gasteiger partial charge in [0.05, 0.1) is 19.6 Å². The number of ether oxygens (including phenoxy) is 3. The highest BCUT2D eigenvalue weighted by atomic mass is 16.6. The molecular weight excluding hydrogens is 596 g/mol. The quantitative estimate of drug-likeness (QED) is 0.288. The summed E-state index contributed by atoms with van der Waals surface area (Å²) in [4.78, 5) is 47.4. The van der Waals surface area contributed by atoms with E-state index in [2.05, 4.69) is 64.6 Å². The van der Waals surface area contributed by atoms with Gasteiger partial charge in [-0.1, -0.05) is 45.0 Å². The molecule has 47 heavy (non-hydrogen) atoms. The molecule has 0 unspecified atom stereocenters. The van der Waals surface area contributed by atoms with Crippen LogP contribution in [0.1, 0.15) is 94.2 Å². The van der Waals surface area contributed by atoms with Gasteiger partial charge >= 0.3 is 17.9 Å². The van der Waals surface area contributed by atoms with Crippen LogP contribution in [0.4, 0.5) is 0 Å². The van der Waals surface area contributed by atoms with Crippen LogP contribution in [0.2, 0.25) is 0 Å². The van der Waals surface area contributed by atoms with Crippen molar-refractivity contribution in [2.45, 2.75) is 112 Å². The molecule has 1 heterocycles. The van der Waals surface area contributed by atoms with E-state index < -0.39 is 16.8 Å². The van der Waals surface area contributed by atoms with Gasteiger partial charge in [-0.25, -0.2) is 0 Å². The van der Waals surface area contributed by atoms with Crippen LogP contribution in [-0.2, 0) is 40.6 Å². The van der Waals surface area contributed by atoms with Crippen LogP contribution in [0.25, 0.3) is 0 Å². The molecule has 1 aliphatic rings. The lowest BCUT2D eigenvalue weighted by atomic mass is 9.87. The molecule has 0 atom stereocenters. The van der Waals surface area contributed by atoms with Gasteiger partial charge in [0.1, 0.15) is 16.8 Å². The summed E-state index contributed by atoms with van der Waals surface area (Å²) in [6.45, 7) is 29.6. The lowest BCUT2D eigenvalue weighted by Gasteiger charge is -2.34. The number of benzene rings is 1. The second-order valence-electron chi connectivity index (χ2n) is 16.8. The van der Waals surface area contributed by atoms with Crippen molar-refractivity contribution in [1.82, 2.24) is 19.6 Å². The minimum Gasteiger partial charge on any atom is -0.459 e. The summed E-state index contributed by atoms with van der Waals surface area (Å²) < 4.78 is 17.0. The van der Waals surface area contributed by atoms with E-state index in [1.807, 2.05) is 62.3 Å². The Morgan fingerprint density at radius 2 is 0.766 bits per heavy atom. The van der Waals surface area contributed by atoms with Crippen LogP contribution in [0.3, 0.4) is 0 Å². The Hall–Kier alpha value is -2.53. The molecule has 1 fully saturated rings. The van der Waals surface area contributed by atoms with E-state index in [0.29, 0.717) is 39.3 Å². The lowest BCUT2D eigenvalue weighted by Crippen LogP contribution is -2.49. The number of hydrogen-bond donors (Lipinski definition) is 0. The SMILES string of the molecule is CC(C)(C)OC(=O)CN1CCN(CC(=O)OC(C)(C)C)CCN(Cc2ccc(C(C)(C)C)cc2)CCN(CC(=O)OC(C)(C)C)CC1. The Bertz CT molecular complexity index is 1100. The van der Waals surface area contributed by atoms with Crippen LogP contribution in [0.5, 0.6) is 0 Å². The molecule has 1 aromatic carbocycles. The first-order valence-corrected chi connectivity index (χ1v) is 17.1. The van der Waals surface area contributed by atoms with Crippen molar-refractivity contribution < 1.29 is 28.6 Å². The minimum absolute atomic E-state index is 0.0771. The lowest BCUT2D eigenvalue weighted by molar-refractivity contribution is -0.158. The number of carbonyl (C=O) groups excluding carboxylic acids is 3. The molecule has 1 aromatic rings. The predicted molar refractivity (Wildman–Crippen MR) is 187 cm³/mol. The standard InChI is InChI=1S/C37H64N4O6/c1-34(2,3)30-15-13-29(14-16-30)25-38-17-19-39(26-31(42)45-35(4,5)6)21-23-41(28-33(44)47-37(10,11)12)24-22-40(20-18-38)27-32(43)46-36(7,8)9/h13-16H,17-28H2,1-12H3. The van der Waals surface area contributed by atoms with Crippen molar-refractivity contribution in [3.05, 3.63) is 35.4 Å². The Morgan fingerprint density at radius 3 is 1.02 bits per heavy atom. The Balaban J connectivity index is 2.33. The maximum absolute atomic E-state index is 12.9.